The van der Waals surface area contributed by atoms with Crippen molar-refractivity contribution >= 4 is 0 Å². The lowest BCUT2D eigenvalue weighted by Gasteiger charge is -2.28. The number of fused-ring (bicyclic) bond motifs is 3. The summed E-state index contributed by atoms with van der Waals surface area (Å²) in [7, 11) is 0. The third kappa shape index (κ3) is 4.11. The van der Waals surface area contributed by atoms with E-state index in [0.29, 0.717) is 23.0 Å². The molecule has 0 bridgehead atoms. The number of hydrogen-bond acceptors (Lipinski definition) is 6. The molecule has 7 nitrogen and oxygen atoms in total. The Morgan fingerprint density at radius 2 is 1.77 bits per heavy atom. The van der Waals surface area contributed by atoms with Gasteiger partial charge in [0.2, 0.25) is 5.88 Å². The standard InChI is InChI=1S/C25H23F3N4O3/c26-25(27,28)18-6-9-20-17(13-18)14-24(33-11-12-34-24)15-21-30-31-23(32(20)21)16-4-7-19(8-5-16)35-22-3-1-2-10-29-22/h1-3,6,9-13,16,19H,4-5,7-8,14-15H2. The van der Waals surface area contributed by atoms with Gasteiger partial charge < -0.3 is 14.2 Å². The van der Waals surface area contributed by atoms with Gasteiger partial charge in [-0.3, -0.25) is 4.57 Å². The van der Waals surface area contributed by atoms with E-state index >= 15 is 0 Å². The molecule has 1 aliphatic carbocycles. The van der Waals surface area contributed by atoms with E-state index in [-0.39, 0.29) is 24.9 Å². The number of halogens is 3. The summed E-state index contributed by atoms with van der Waals surface area (Å²) in [5.74, 6) is 0.935. The first-order chi connectivity index (χ1) is 16.9. The Bertz CT molecular complexity index is 1240. The van der Waals surface area contributed by atoms with E-state index in [0.717, 1.165) is 37.6 Å². The van der Waals surface area contributed by atoms with E-state index in [1.807, 2.05) is 22.8 Å². The van der Waals surface area contributed by atoms with E-state index in [2.05, 4.69) is 15.2 Å². The van der Waals surface area contributed by atoms with Gasteiger partial charge in [-0.25, -0.2) is 4.98 Å². The summed E-state index contributed by atoms with van der Waals surface area (Å²) in [6.07, 6.45) is 3.87. The fraction of sp³-hybridized carbons (Fsp3) is 0.400. The van der Waals surface area contributed by atoms with Crippen LogP contribution >= 0.6 is 0 Å². The Hall–Kier alpha value is -3.56. The molecule has 2 aliphatic heterocycles. The average molecular weight is 484 g/mol. The first-order valence-corrected chi connectivity index (χ1v) is 11.6. The van der Waals surface area contributed by atoms with Gasteiger partial charge in [-0.15, -0.1) is 10.2 Å². The summed E-state index contributed by atoms with van der Waals surface area (Å²) in [6, 6.07) is 9.37. The van der Waals surface area contributed by atoms with Crippen LogP contribution in [0.25, 0.3) is 5.69 Å². The molecule has 4 heterocycles. The number of ether oxygens (including phenoxy) is 3. The molecule has 0 N–H and O–H groups in total. The van der Waals surface area contributed by atoms with Crippen molar-refractivity contribution < 1.29 is 27.4 Å². The Morgan fingerprint density at radius 1 is 0.971 bits per heavy atom. The SMILES string of the molecule is FC(F)(F)c1ccc2c(c1)CC1(Cc3nnc(C4CCC(Oc5ccccn5)CC4)n3-2)OC=CO1. The van der Waals surface area contributed by atoms with Crippen molar-refractivity contribution in [2.75, 3.05) is 0 Å². The Morgan fingerprint density at radius 3 is 2.49 bits per heavy atom. The largest absolute Gasteiger partial charge is 0.474 e. The number of alkyl halides is 3. The summed E-state index contributed by atoms with van der Waals surface area (Å²) >= 11 is 0. The molecule has 35 heavy (non-hydrogen) atoms. The van der Waals surface area contributed by atoms with Crippen LogP contribution in [0, 0.1) is 0 Å². The topological polar surface area (TPSA) is 71.3 Å². The van der Waals surface area contributed by atoms with Gasteiger partial charge >= 0.3 is 6.18 Å². The molecule has 0 radical (unpaired) electrons. The number of nitrogens with zero attached hydrogens (tertiary/aromatic N) is 4. The van der Waals surface area contributed by atoms with Crippen molar-refractivity contribution in [3.63, 3.8) is 0 Å². The Balaban J connectivity index is 1.31. The van der Waals surface area contributed by atoms with Crippen molar-refractivity contribution in [1.29, 1.82) is 0 Å². The first kappa shape index (κ1) is 21.9. The van der Waals surface area contributed by atoms with Crippen LogP contribution in [0.1, 0.15) is 54.4 Å². The van der Waals surface area contributed by atoms with Gasteiger partial charge in [0.05, 0.1) is 24.1 Å². The zero-order valence-electron chi connectivity index (χ0n) is 18.7. The van der Waals surface area contributed by atoms with Crippen LogP contribution in [0.4, 0.5) is 13.2 Å². The first-order valence-electron chi connectivity index (χ1n) is 11.6. The van der Waals surface area contributed by atoms with Crippen molar-refractivity contribution in [2.24, 2.45) is 0 Å². The van der Waals surface area contributed by atoms with Crippen LogP contribution in [-0.4, -0.2) is 31.6 Å². The molecule has 182 valence electrons. The van der Waals surface area contributed by atoms with E-state index in [1.165, 1.54) is 24.7 Å². The maximum absolute atomic E-state index is 13.5. The van der Waals surface area contributed by atoms with Gasteiger partial charge in [-0.2, -0.15) is 13.2 Å². The lowest BCUT2D eigenvalue weighted by atomic mass is 9.86. The summed E-state index contributed by atoms with van der Waals surface area (Å²) in [5, 5.41) is 8.93. The monoisotopic (exact) mass is 484 g/mol. The van der Waals surface area contributed by atoms with Crippen LogP contribution in [0.5, 0.6) is 5.88 Å². The molecule has 2 aromatic heterocycles. The van der Waals surface area contributed by atoms with E-state index in [9.17, 15) is 13.2 Å². The maximum atomic E-state index is 13.5. The number of aromatic nitrogens is 4. The predicted molar refractivity (Wildman–Crippen MR) is 118 cm³/mol. The summed E-state index contributed by atoms with van der Waals surface area (Å²) < 4.78 is 59.9. The smallest absolute Gasteiger partial charge is 0.416 e. The minimum absolute atomic E-state index is 0.0592. The third-order valence-corrected chi connectivity index (χ3v) is 6.88. The molecule has 1 saturated carbocycles. The maximum Gasteiger partial charge on any atom is 0.416 e. The van der Waals surface area contributed by atoms with E-state index in [4.69, 9.17) is 14.2 Å². The molecule has 3 aliphatic rings. The summed E-state index contributed by atoms with van der Waals surface area (Å²) in [6.45, 7) is 0. The van der Waals surface area contributed by atoms with Gasteiger partial charge in [-0.1, -0.05) is 6.07 Å². The van der Waals surface area contributed by atoms with Crippen LogP contribution in [0.15, 0.2) is 55.1 Å². The second kappa shape index (κ2) is 8.28. The number of rotatable bonds is 3. The van der Waals surface area contributed by atoms with E-state index in [1.54, 1.807) is 6.20 Å². The van der Waals surface area contributed by atoms with Crippen molar-refractivity contribution in [3.05, 3.63) is 77.9 Å². The minimum Gasteiger partial charge on any atom is -0.474 e. The van der Waals surface area contributed by atoms with Gasteiger partial charge in [0, 0.05) is 18.2 Å². The van der Waals surface area contributed by atoms with Crippen molar-refractivity contribution in [1.82, 2.24) is 19.7 Å². The van der Waals surface area contributed by atoms with Gasteiger partial charge in [0.1, 0.15) is 30.3 Å². The molecule has 0 amide bonds. The zero-order valence-corrected chi connectivity index (χ0v) is 18.7. The molecule has 3 aromatic rings. The van der Waals surface area contributed by atoms with Crippen LogP contribution in [0.3, 0.4) is 0 Å². The minimum atomic E-state index is -4.45. The number of hydrogen-bond donors (Lipinski definition) is 0. The quantitative estimate of drug-likeness (QED) is 0.515. The predicted octanol–water partition coefficient (Wildman–Crippen LogP) is 5.10. The van der Waals surface area contributed by atoms with Gasteiger partial charge in [0.15, 0.2) is 0 Å². The molecule has 0 saturated heterocycles. The normalized spacial score (nSPS) is 22.6. The highest BCUT2D eigenvalue weighted by molar-refractivity contribution is 5.48. The molecule has 10 heteroatoms. The fourth-order valence-electron chi connectivity index (χ4n) is 5.21. The van der Waals surface area contributed by atoms with Gasteiger partial charge in [-0.05, 0) is 55.5 Å². The highest BCUT2D eigenvalue weighted by atomic mass is 19.4. The lowest BCUT2D eigenvalue weighted by molar-refractivity contribution is -0.141. The van der Waals surface area contributed by atoms with E-state index < -0.39 is 17.5 Å². The van der Waals surface area contributed by atoms with Crippen LogP contribution in [-0.2, 0) is 28.5 Å². The lowest BCUT2D eigenvalue weighted by Crippen LogP contribution is -2.35. The molecule has 0 unspecified atom stereocenters. The van der Waals surface area contributed by atoms with Crippen molar-refractivity contribution in [3.8, 4) is 11.6 Å². The number of pyridine rings is 1. The Labute approximate surface area is 199 Å². The second-order valence-corrected chi connectivity index (χ2v) is 9.18. The van der Waals surface area contributed by atoms with Crippen LogP contribution in [0.2, 0.25) is 0 Å². The number of benzene rings is 1. The molecule has 1 aromatic carbocycles. The highest BCUT2D eigenvalue weighted by Gasteiger charge is 2.43. The van der Waals surface area contributed by atoms with Crippen molar-refractivity contribution in [2.45, 2.75) is 62.5 Å². The van der Waals surface area contributed by atoms with Gasteiger partial charge in [0.25, 0.3) is 5.79 Å². The molecular formula is C25H23F3N4O3. The van der Waals surface area contributed by atoms with Crippen LogP contribution < -0.4 is 4.74 Å². The second-order valence-electron chi connectivity index (χ2n) is 9.18. The summed E-state index contributed by atoms with van der Waals surface area (Å²) in [5.41, 5.74) is 0.411. The highest BCUT2D eigenvalue weighted by Crippen LogP contribution is 2.41. The zero-order chi connectivity index (χ0) is 24.0. The molecule has 6 rings (SSSR count). The average Bonchev–Trinajstić information content (AvgIpc) is 3.44. The third-order valence-electron chi connectivity index (χ3n) is 6.88. The molecule has 1 fully saturated rings. The molecule has 0 atom stereocenters. The fourth-order valence-corrected chi connectivity index (χ4v) is 5.21. The Kier molecular flexibility index (Phi) is 5.19. The molecule has 1 spiro atoms. The summed E-state index contributed by atoms with van der Waals surface area (Å²) in [4.78, 5) is 4.24. The molecular weight excluding hydrogens is 461 g/mol.